The van der Waals surface area contributed by atoms with Crippen molar-refractivity contribution in [2.45, 2.75) is 44.9 Å². The summed E-state index contributed by atoms with van der Waals surface area (Å²) in [6.45, 7) is 11.4. The first-order valence-corrected chi connectivity index (χ1v) is 9.01. The highest BCUT2D eigenvalue weighted by Gasteiger charge is 2.30. The standard InChI is InChI=1S/C22H28FNO2/c1-4-13-22(25,14-5-2)21-12-11-19(26-21)17-24(15-6-3)16-18-9-7-8-10-20(18)23/h4-5,7-12,25H,1-2,6,13-17H2,3H3. The normalized spacial score (nSPS) is 11.7. The maximum absolute atomic E-state index is 14.0. The summed E-state index contributed by atoms with van der Waals surface area (Å²) in [5.74, 6) is 1.06. The van der Waals surface area contributed by atoms with Crippen molar-refractivity contribution < 1.29 is 13.9 Å². The van der Waals surface area contributed by atoms with Crippen LogP contribution in [0.15, 0.2) is 66.1 Å². The molecular weight excluding hydrogens is 329 g/mol. The molecule has 1 N–H and O–H groups in total. The zero-order valence-corrected chi connectivity index (χ0v) is 15.5. The molecule has 0 spiro atoms. The van der Waals surface area contributed by atoms with Crippen molar-refractivity contribution in [3.05, 3.63) is 84.6 Å². The van der Waals surface area contributed by atoms with E-state index in [0.717, 1.165) is 18.7 Å². The minimum absolute atomic E-state index is 0.194. The van der Waals surface area contributed by atoms with Crippen LogP contribution >= 0.6 is 0 Å². The van der Waals surface area contributed by atoms with Gasteiger partial charge in [-0.25, -0.2) is 4.39 Å². The number of rotatable bonds is 11. The molecule has 1 heterocycles. The Balaban J connectivity index is 2.14. The second kappa shape index (κ2) is 9.51. The molecule has 3 nitrogen and oxygen atoms in total. The molecule has 0 radical (unpaired) electrons. The quantitative estimate of drug-likeness (QED) is 0.564. The van der Waals surface area contributed by atoms with Crippen LogP contribution in [0.2, 0.25) is 0 Å². The predicted molar refractivity (Wildman–Crippen MR) is 103 cm³/mol. The number of aliphatic hydroxyl groups is 1. The second-order valence-corrected chi connectivity index (χ2v) is 6.59. The summed E-state index contributed by atoms with van der Waals surface area (Å²) in [5, 5.41) is 10.8. The lowest BCUT2D eigenvalue weighted by atomic mass is 9.93. The van der Waals surface area contributed by atoms with Crippen LogP contribution in [0.1, 0.15) is 43.3 Å². The molecule has 1 aromatic carbocycles. The summed E-state index contributed by atoms with van der Waals surface area (Å²) in [5.41, 5.74) is -0.453. The highest BCUT2D eigenvalue weighted by molar-refractivity contribution is 5.19. The van der Waals surface area contributed by atoms with Gasteiger partial charge in [-0.2, -0.15) is 0 Å². The summed E-state index contributed by atoms with van der Waals surface area (Å²) in [6, 6.07) is 10.5. The van der Waals surface area contributed by atoms with Gasteiger partial charge in [0.25, 0.3) is 0 Å². The van der Waals surface area contributed by atoms with Crippen LogP contribution in [0.25, 0.3) is 0 Å². The molecule has 2 rings (SSSR count). The fraction of sp³-hybridized carbons (Fsp3) is 0.364. The number of hydrogen-bond acceptors (Lipinski definition) is 3. The smallest absolute Gasteiger partial charge is 0.136 e. The van der Waals surface area contributed by atoms with Crippen molar-refractivity contribution >= 4 is 0 Å². The molecule has 0 atom stereocenters. The van der Waals surface area contributed by atoms with Crippen LogP contribution in [-0.2, 0) is 18.7 Å². The van der Waals surface area contributed by atoms with Gasteiger partial charge in [-0.1, -0.05) is 37.3 Å². The summed E-state index contributed by atoms with van der Waals surface area (Å²) in [4.78, 5) is 2.14. The average Bonchev–Trinajstić information content (AvgIpc) is 3.07. The van der Waals surface area contributed by atoms with Gasteiger partial charge in [0.2, 0.25) is 0 Å². The van der Waals surface area contributed by atoms with Crippen molar-refractivity contribution in [2.75, 3.05) is 6.54 Å². The van der Waals surface area contributed by atoms with E-state index in [2.05, 4.69) is 25.0 Å². The van der Waals surface area contributed by atoms with E-state index in [9.17, 15) is 9.50 Å². The molecule has 0 saturated heterocycles. The van der Waals surface area contributed by atoms with Crippen LogP contribution in [0, 0.1) is 5.82 Å². The van der Waals surface area contributed by atoms with Gasteiger partial charge in [0.05, 0.1) is 6.54 Å². The molecule has 0 fully saturated rings. The van der Waals surface area contributed by atoms with Crippen LogP contribution in [0.4, 0.5) is 4.39 Å². The number of nitrogens with zero attached hydrogens (tertiary/aromatic N) is 1. The van der Waals surface area contributed by atoms with E-state index < -0.39 is 5.60 Å². The molecule has 26 heavy (non-hydrogen) atoms. The molecule has 2 aromatic rings. The third-order valence-corrected chi connectivity index (χ3v) is 4.36. The Labute approximate surface area is 155 Å². The minimum Gasteiger partial charge on any atom is -0.462 e. The van der Waals surface area contributed by atoms with Crippen molar-refractivity contribution in [2.24, 2.45) is 0 Å². The predicted octanol–water partition coefficient (Wildman–Crippen LogP) is 5.17. The molecule has 140 valence electrons. The summed E-state index contributed by atoms with van der Waals surface area (Å²) < 4.78 is 19.9. The lowest BCUT2D eigenvalue weighted by molar-refractivity contribution is 0.0186. The first-order valence-electron chi connectivity index (χ1n) is 9.01. The fourth-order valence-electron chi connectivity index (χ4n) is 3.09. The fourth-order valence-corrected chi connectivity index (χ4v) is 3.09. The molecule has 0 aliphatic rings. The first kappa shape index (κ1) is 20.1. The van der Waals surface area contributed by atoms with E-state index in [1.165, 1.54) is 6.07 Å². The minimum atomic E-state index is -1.12. The third-order valence-electron chi connectivity index (χ3n) is 4.36. The highest BCUT2D eigenvalue weighted by atomic mass is 19.1. The van der Waals surface area contributed by atoms with Gasteiger partial charge < -0.3 is 9.52 Å². The Morgan fingerprint density at radius 1 is 1.12 bits per heavy atom. The Kier molecular flexibility index (Phi) is 7.37. The lowest BCUT2D eigenvalue weighted by Gasteiger charge is -2.23. The molecule has 4 heteroatoms. The van der Waals surface area contributed by atoms with Crippen LogP contribution < -0.4 is 0 Å². The number of benzene rings is 1. The molecule has 0 unspecified atom stereocenters. The van der Waals surface area contributed by atoms with E-state index in [0.29, 0.717) is 37.3 Å². The topological polar surface area (TPSA) is 36.6 Å². The molecule has 0 bridgehead atoms. The monoisotopic (exact) mass is 357 g/mol. The Morgan fingerprint density at radius 2 is 1.81 bits per heavy atom. The second-order valence-electron chi connectivity index (χ2n) is 6.59. The lowest BCUT2D eigenvalue weighted by Crippen LogP contribution is -2.24. The number of furan rings is 1. The van der Waals surface area contributed by atoms with Gasteiger partial charge >= 0.3 is 0 Å². The molecule has 0 aliphatic heterocycles. The van der Waals surface area contributed by atoms with Gasteiger partial charge in [0.1, 0.15) is 22.9 Å². The molecular formula is C22H28FNO2. The van der Waals surface area contributed by atoms with E-state index in [-0.39, 0.29) is 5.82 Å². The highest BCUT2D eigenvalue weighted by Crippen LogP contribution is 2.31. The van der Waals surface area contributed by atoms with Crippen molar-refractivity contribution in [3.8, 4) is 0 Å². The first-order chi connectivity index (χ1) is 12.5. The molecule has 0 amide bonds. The van der Waals surface area contributed by atoms with Gasteiger partial charge in [-0.3, -0.25) is 4.90 Å². The third kappa shape index (κ3) is 5.16. The Hall–Kier alpha value is -2.17. The molecule has 0 saturated carbocycles. The average molecular weight is 357 g/mol. The van der Waals surface area contributed by atoms with Crippen molar-refractivity contribution in [1.29, 1.82) is 0 Å². The Morgan fingerprint density at radius 3 is 2.42 bits per heavy atom. The van der Waals surface area contributed by atoms with Crippen molar-refractivity contribution in [1.82, 2.24) is 4.90 Å². The maximum atomic E-state index is 14.0. The van der Waals surface area contributed by atoms with E-state index in [1.807, 2.05) is 12.1 Å². The van der Waals surface area contributed by atoms with Gasteiger partial charge in [-0.05, 0) is 31.2 Å². The van der Waals surface area contributed by atoms with E-state index >= 15 is 0 Å². The number of halogens is 1. The van der Waals surface area contributed by atoms with Crippen LogP contribution in [-0.4, -0.2) is 16.6 Å². The summed E-state index contributed by atoms with van der Waals surface area (Å²) in [7, 11) is 0. The summed E-state index contributed by atoms with van der Waals surface area (Å²) in [6.07, 6.45) is 5.08. The zero-order valence-electron chi connectivity index (χ0n) is 15.5. The van der Waals surface area contributed by atoms with E-state index in [4.69, 9.17) is 4.42 Å². The number of hydrogen-bond donors (Lipinski definition) is 1. The molecule has 0 aliphatic carbocycles. The Bertz CT molecular complexity index is 712. The van der Waals surface area contributed by atoms with Gasteiger partial charge in [0.15, 0.2) is 0 Å². The molecule has 1 aromatic heterocycles. The SMILES string of the molecule is C=CCC(O)(CC=C)c1ccc(CN(CCC)Cc2ccccc2F)o1. The largest absolute Gasteiger partial charge is 0.462 e. The zero-order chi connectivity index (χ0) is 19.0. The van der Waals surface area contributed by atoms with Crippen LogP contribution in [0.5, 0.6) is 0 Å². The van der Waals surface area contributed by atoms with Gasteiger partial charge in [-0.15, -0.1) is 13.2 Å². The van der Waals surface area contributed by atoms with Crippen molar-refractivity contribution in [3.63, 3.8) is 0 Å². The van der Waals surface area contributed by atoms with E-state index in [1.54, 1.807) is 30.4 Å². The maximum Gasteiger partial charge on any atom is 0.136 e. The van der Waals surface area contributed by atoms with Gasteiger partial charge in [0, 0.05) is 24.9 Å². The summed E-state index contributed by atoms with van der Waals surface area (Å²) >= 11 is 0. The van der Waals surface area contributed by atoms with Crippen LogP contribution in [0.3, 0.4) is 0 Å².